The Labute approximate surface area is 146 Å². The number of benzene rings is 1. The molecule has 1 aliphatic heterocycles. The van der Waals surface area contributed by atoms with E-state index < -0.39 is 0 Å². The fourth-order valence-corrected chi connectivity index (χ4v) is 3.68. The molecule has 3 heterocycles. The van der Waals surface area contributed by atoms with Gasteiger partial charge < -0.3 is 9.80 Å². The average molecular weight is 339 g/mol. The van der Waals surface area contributed by atoms with Crippen molar-refractivity contribution in [2.45, 2.75) is 26.8 Å². The zero-order valence-corrected chi connectivity index (χ0v) is 14.8. The van der Waals surface area contributed by atoms with Gasteiger partial charge in [-0.3, -0.25) is 4.40 Å². The Hall–Kier alpha value is -2.63. The summed E-state index contributed by atoms with van der Waals surface area (Å²) in [7, 11) is 2.06. The van der Waals surface area contributed by atoms with Crippen LogP contribution in [0, 0.1) is 19.7 Å². The van der Waals surface area contributed by atoms with Crippen molar-refractivity contribution in [2.24, 2.45) is 0 Å². The molecule has 6 heteroatoms. The lowest BCUT2D eigenvalue weighted by atomic mass is 10.2. The number of fused-ring (bicyclic) bond motifs is 2. The molecule has 0 atom stereocenters. The standard InChI is InChI=1S/C19H22FN5/c1-13-9-14(2)25-16(11-21-19(25)22-13)12-24-8-4-7-23(3)17-6-5-15(20)10-18(17)24/h5-6,9-11H,4,7-8,12H2,1-3H3. The molecule has 0 N–H and O–H groups in total. The lowest BCUT2D eigenvalue weighted by Crippen LogP contribution is -2.24. The quantitative estimate of drug-likeness (QED) is 0.718. The molecule has 0 saturated heterocycles. The van der Waals surface area contributed by atoms with Crippen molar-refractivity contribution in [2.75, 3.05) is 29.9 Å². The molecule has 0 spiro atoms. The van der Waals surface area contributed by atoms with Crippen molar-refractivity contribution in [3.8, 4) is 0 Å². The third kappa shape index (κ3) is 2.81. The van der Waals surface area contributed by atoms with Crippen molar-refractivity contribution < 1.29 is 4.39 Å². The molecule has 0 saturated carbocycles. The van der Waals surface area contributed by atoms with Crippen LogP contribution in [0.5, 0.6) is 0 Å². The molecule has 1 aromatic carbocycles. The maximum absolute atomic E-state index is 13.9. The van der Waals surface area contributed by atoms with E-state index in [9.17, 15) is 4.39 Å². The van der Waals surface area contributed by atoms with Gasteiger partial charge >= 0.3 is 0 Å². The lowest BCUT2D eigenvalue weighted by molar-refractivity contribution is 0.626. The number of aryl methyl sites for hydroxylation is 2. The molecular weight excluding hydrogens is 317 g/mol. The van der Waals surface area contributed by atoms with Gasteiger partial charge in [-0.05, 0) is 44.5 Å². The molecule has 0 aliphatic carbocycles. The first-order chi connectivity index (χ1) is 12.0. The smallest absolute Gasteiger partial charge is 0.234 e. The Bertz CT molecular complexity index is 933. The fraction of sp³-hybridized carbons (Fsp3) is 0.368. The number of hydrogen-bond donors (Lipinski definition) is 0. The Kier molecular flexibility index (Phi) is 3.82. The van der Waals surface area contributed by atoms with E-state index in [4.69, 9.17) is 0 Å². The average Bonchev–Trinajstić information content (AvgIpc) is 2.89. The van der Waals surface area contributed by atoms with Crippen LogP contribution in [-0.4, -0.2) is 34.5 Å². The lowest BCUT2D eigenvalue weighted by Gasteiger charge is -2.26. The first-order valence-corrected chi connectivity index (χ1v) is 8.59. The summed E-state index contributed by atoms with van der Waals surface area (Å²) in [5, 5.41) is 0. The van der Waals surface area contributed by atoms with Crippen molar-refractivity contribution in [1.82, 2.24) is 14.4 Å². The molecule has 0 bridgehead atoms. The molecule has 0 amide bonds. The highest BCUT2D eigenvalue weighted by atomic mass is 19.1. The second-order valence-electron chi connectivity index (χ2n) is 6.75. The largest absolute Gasteiger partial charge is 0.373 e. The minimum absolute atomic E-state index is 0.203. The summed E-state index contributed by atoms with van der Waals surface area (Å²) in [5.74, 6) is 0.518. The summed E-state index contributed by atoms with van der Waals surface area (Å²) in [6.07, 6.45) is 2.90. The van der Waals surface area contributed by atoms with Crippen LogP contribution in [0.25, 0.3) is 5.78 Å². The molecule has 4 rings (SSSR count). The second-order valence-corrected chi connectivity index (χ2v) is 6.75. The van der Waals surface area contributed by atoms with Crippen molar-refractivity contribution in [3.05, 3.63) is 53.4 Å². The first kappa shape index (κ1) is 15.9. The molecule has 130 valence electrons. The summed E-state index contributed by atoms with van der Waals surface area (Å²) >= 11 is 0. The Balaban J connectivity index is 1.76. The predicted molar refractivity (Wildman–Crippen MR) is 97.8 cm³/mol. The van der Waals surface area contributed by atoms with E-state index in [1.165, 1.54) is 6.07 Å². The van der Waals surface area contributed by atoms with Crippen LogP contribution in [0.1, 0.15) is 23.5 Å². The van der Waals surface area contributed by atoms with E-state index in [1.807, 2.05) is 19.2 Å². The predicted octanol–water partition coefficient (Wildman–Crippen LogP) is 3.33. The Morgan fingerprint density at radius 2 is 1.96 bits per heavy atom. The molecule has 0 fully saturated rings. The molecule has 0 unspecified atom stereocenters. The van der Waals surface area contributed by atoms with E-state index in [0.717, 1.165) is 53.7 Å². The minimum Gasteiger partial charge on any atom is -0.373 e. The highest BCUT2D eigenvalue weighted by Gasteiger charge is 2.21. The van der Waals surface area contributed by atoms with Crippen molar-refractivity contribution >= 4 is 17.2 Å². The number of halogens is 1. The summed E-state index contributed by atoms with van der Waals surface area (Å²) < 4.78 is 16.0. The fourth-order valence-electron chi connectivity index (χ4n) is 3.68. The van der Waals surface area contributed by atoms with E-state index in [0.29, 0.717) is 6.54 Å². The minimum atomic E-state index is -0.203. The van der Waals surface area contributed by atoms with Crippen LogP contribution >= 0.6 is 0 Å². The molecule has 5 nitrogen and oxygen atoms in total. The van der Waals surface area contributed by atoms with Gasteiger partial charge in [-0.15, -0.1) is 0 Å². The van der Waals surface area contributed by atoms with Crippen molar-refractivity contribution in [1.29, 1.82) is 0 Å². The van der Waals surface area contributed by atoms with Gasteiger partial charge in [0.15, 0.2) is 0 Å². The van der Waals surface area contributed by atoms with E-state index in [-0.39, 0.29) is 5.82 Å². The number of aromatic nitrogens is 3. The number of imidazole rings is 1. The van der Waals surface area contributed by atoms with Crippen LogP contribution in [0.15, 0.2) is 30.5 Å². The van der Waals surface area contributed by atoms with Crippen LogP contribution in [0.3, 0.4) is 0 Å². The topological polar surface area (TPSA) is 36.7 Å². The second kappa shape index (κ2) is 6.02. The van der Waals surface area contributed by atoms with Gasteiger partial charge in [-0.2, -0.15) is 0 Å². The summed E-state index contributed by atoms with van der Waals surface area (Å²) in [6, 6.07) is 7.09. The molecule has 0 radical (unpaired) electrons. The number of anilines is 2. The Morgan fingerprint density at radius 1 is 1.12 bits per heavy atom. The van der Waals surface area contributed by atoms with Gasteiger partial charge in [0.05, 0.1) is 29.8 Å². The Morgan fingerprint density at radius 3 is 2.80 bits per heavy atom. The van der Waals surface area contributed by atoms with Crippen LogP contribution < -0.4 is 9.80 Å². The van der Waals surface area contributed by atoms with Gasteiger partial charge in [0.2, 0.25) is 5.78 Å². The van der Waals surface area contributed by atoms with E-state index >= 15 is 0 Å². The van der Waals surface area contributed by atoms with Crippen LogP contribution in [0.4, 0.5) is 15.8 Å². The number of hydrogen-bond acceptors (Lipinski definition) is 4. The molecular formula is C19H22FN5. The summed E-state index contributed by atoms with van der Waals surface area (Å²) in [4.78, 5) is 13.4. The summed E-state index contributed by atoms with van der Waals surface area (Å²) in [6.45, 7) is 6.56. The van der Waals surface area contributed by atoms with Crippen LogP contribution in [0.2, 0.25) is 0 Å². The molecule has 3 aromatic rings. The molecule has 25 heavy (non-hydrogen) atoms. The molecule has 2 aromatic heterocycles. The van der Waals surface area contributed by atoms with Crippen LogP contribution in [-0.2, 0) is 6.54 Å². The third-order valence-electron chi connectivity index (χ3n) is 4.83. The van der Waals surface area contributed by atoms with E-state index in [2.05, 4.69) is 44.2 Å². The zero-order valence-electron chi connectivity index (χ0n) is 14.8. The van der Waals surface area contributed by atoms with Gasteiger partial charge in [0, 0.05) is 31.5 Å². The van der Waals surface area contributed by atoms with Crippen molar-refractivity contribution in [3.63, 3.8) is 0 Å². The molecule has 1 aliphatic rings. The highest BCUT2D eigenvalue weighted by molar-refractivity contribution is 5.72. The number of nitrogens with zero attached hydrogens (tertiary/aromatic N) is 5. The van der Waals surface area contributed by atoms with Gasteiger partial charge in [0.1, 0.15) is 5.82 Å². The zero-order chi connectivity index (χ0) is 17.6. The van der Waals surface area contributed by atoms with Gasteiger partial charge in [-0.25, -0.2) is 14.4 Å². The number of rotatable bonds is 2. The maximum atomic E-state index is 13.9. The normalized spacial score (nSPS) is 14.7. The van der Waals surface area contributed by atoms with Gasteiger partial charge in [0.25, 0.3) is 0 Å². The summed E-state index contributed by atoms with van der Waals surface area (Å²) in [5.41, 5.74) is 5.15. The monoisotopic (exact) mass is 339 g/mol. The van der Waals surface area contributed by atoms with E-state index in [1.54, 1.807) is 6.07 Å². The SMILES string of the molecule is Cc1cc(C)n2c(CN3CCCN(C)c4ccc(F)cc43)cnc2n1. The van der Waals surface area contributed by atoms with Gasteiger partial charge in [-0.1, -0.05) is 0 Å². The third-order valence-corrected chi connectivity index (χ3v) is 4.83. The first-order valence-electron chi connectivity index (χ1n) is 8.59. The highest BCUT2D eigenvalue weighted by Crippen LogP contribution is 2.33. The maximum Gasteiger partial charge on any atom is 0.234 e.